The van der Waals surface area contributed by atoms with Crippen LogP contribution in [0.5, 0.6) is 0 Å². The second kappa shape index (κ2) is 5.89. The zero-order valence-electron chi connectivity index (χ0n) is 15.1. The van der Waals surface area contributed by atoms with Crippen LogP contribution >= 0.6 is 0 Å². The molecular formula is C23H21NO. The molecule has 4 rings (SSSR count). The van der Waals surface area contributed by atoms with Crippen molar-refractivity contribution in [3.05, 3.63) is 76.9 Å². The molecule has 0 aliphatic heterocycles. The highest BCUT2D eigenvalue weighted by molar-refractivity contribution is 5.82. The van der Waals surface area contributed by atoms with Crippen LogP contribution in [0.2, 0.25) is 0 Å². The molecule has 0 N–H and O–H groups in total. The zero-order valence-corrected chi connectivity index (χ0v) is 15.1. The Morgan fingerprint density at radius 1 is 0.640 bits per heavy atom. The number of hydrogen-bond acceptors (Lipinski definition) is 2. The summed E-state index contributed by atoms with van der Waals surface area (Å²) in [5, 5.41) is 0. The number of hydrogen-bond donors (Lipinski definition) is 0. The van der Waals surface area contributed by atoms with Gasteiger partial charge >= 0.3 is 0 Å². The number of nitrogens with zero attached hydrogens (tertiary/aromatic N) is 1. The summed E-state index contributed by atoms with van der Waals surface area (Å²) in [4.78, 5) is 4.82. The molecule has 2 aromatic carbocycles. The van der Waals surface area contributed by atoms with Gasteiger partial charge in [-0.2, -0.15) is 0 Å². The van der Waals surface area contributed by atoms with Crippen LogP contribution in [0.25, 0.3) is 33.7 Å². The van der Waals surface area contributed by atoms with Gasteiger partial charge in [0.25, 0.3) is 0 Å². The summed E-state index contributed by atoms with van der Waals surface area (Å²) < 4.78 is 6.04. The van der Waals surface area contributed by atoms with Crippen molar-refractivity contribution in [3.63, 3.8) is 0 Å². The molecule has 124 valence electrons. The normalized spacial score (nSPS) is 11.2. The Labute approximate surface area is 148 Å². The van der Waals surface area contributed by atoms with E-state index in [2.05, 4.69) is 64.1 Å². The Morgan fingerprint density at radius 2 is 1.20 bits per heavy atom. The number of aromatic nitrogens is 1. The van der Waals surface area contributed by atoms with Gasteiger partial charge in [-0.1, -0.05) is 34.4 Å². The lowest BCUT2D eigenvalue weighted by molar-refractivity contribution is 0.631. The summed E-state index contributed by atoms with van der Waals surface area (Å²) in [6.07, 6.45) is 0. The molecule has 0 radical (unpaired) electrons. The second-order valence-corrected chi connectivity index (χ2v) is 6.94. The standard InChI is InChI=1S/C23H21NO/c1-14-7-15(2)10-18(9-14)20-5-6-22-21(24-20)13-23(25-22)19-11-16(3)8-17(4)12-19/h5-13H,1-4H3. The van der Waals surface area contributed by atoms with Gasteiger partial charge < -0.3 is 4.42 Å². The van der Waals surface area contributed by atoms with Gasteiger partial charge in [0.15, 0.2) is 5.58 Å². The number of aryl methyl sites for hydroxylation is 4. The predicted molar refractivity (Wildman–Crippen MR) is 104 cm³/mol. The van der Waals surface area contributed by atoms with E-state index in [1.54, 1.807) is 0 Å². The van der Waals surface area contributed by atoms with Crippen molar-refractivity contribution in [3.8, 4) is 22.6 Å². The molecule has 0 aliphatic rings. The van der Waals surface area contributed by atoms with E-state index in [0.717, 1.165) is 33.7 Å². The minimum atomic E-state index is 0.822. The SMILES string of the molecule is Cc1cc(C)cc(-c2ccc3oc(-c4cc(C)cc(C)c4)cc3n2)c1. The highest BCUT2D eigenvalue weighted by Crippen LogP contribution is 2.30. The Hall–Kier alpha value is -2.87. The van der Waals surface area contributed by atoms with Gasteiger partial charge in [-0.15, -0.1) is 0 Å². The molecule has 0 spiro atoms. The van der Waals surface area contributed by atoms with Crippen molar-refractivity contribution in [1.82, 2.24) is 4.98 Å². The maximum absolute atomic E-state index is 6.04. The Bertz CT molecular complexity index is 999. The van der Waals surface area contributed by atoms with Crippen LogP contribution in [0, 0.1) is 27.7 Å². The number of pyridine rings is 1. The highest BCUT2D eigenvalue weighted by Gasteiger charge is 2.10. The third kappa shape index (κ3) is 3.08. The minimum Gasteiger partial charge on any atom is -0.454 e. The maximum Gasteiger partial charge on any atom is 0.153 e. The predicted octanol–water partition coefficient (Wildman–Crippen LogP) is 6.40. The second-order valence-electron chi connectivity index (χ2n) is 6.94. The van der Waals surface area contributed by atoms with Gasteiger partial charge in [0.2, 0.25) is 0 Å². The largest absolute Gasteiger partial charge is 0.454 e. The lowest BCUT2D eigenvalue weighted by atomic mass is 10.0. The van der Waals surface area contributed by atoms with Crippen LogP contribution in [0.3, 0.4) is 0 Å². The van der Waals surface area contributed by atoms with E-state index in [-0.39, 0.29) is 0 Å². The Kier molecular flexibility index (Phi) is 3.69. The number of benzene rings is 2. The van der Waals surface area contributed by atoms with E-state index in [1.807, 2.05) is 18.2 Å². The first-order chi connectivity index (χ1) is 12.0. The van der Waals surface area contributed by atoms with E-state index >= 15 is 0 Å². The molecule has 2 heterocycles. The van der Waals surface area contributed by atoms with Crippen molar-refractivity contribution in [1.29, 1.82) is 0 Å². The number of rotatable bonds is 2. The summed E-state index contributed by atoms with van der Waals surface area (Å²) in [5.41, 5.74) is 9.91. The van der Waals surface area contributed by atoms with E-state index in [0.29, 0.717) is 0 Å². The molecule has 0 atom stereocenters. The third-order valence-corrected chi connectivity index (χ3v) is 4.40. The van der Waals surface area contributed by atoms with Gasteiger partial charge in [0, 0.05) is 17.2 Å². The van der Waals surface area contributed by atoms with Crippen LogP contribution < -0.4 is 0 Å². The van der Waals surface area contributed by atoms with Crippen molar-refractivity contribution in [2.45, 2.75) is 27.7 Å². The van der Waals surface area contributed by atoms with Gasteiger partial charge in [0.1, 0.15) is 11.3 Å². The fourth-order valence-electron chi connectivity index (χ4n) is 3.47. The lowest BCUT2D eigenvalue weighted by Crippen LogP contribution is -1.86. The molecule has 0 saturated carbocycles. The number of fused-ring (bicyclic) bond motifs is 1. The molecule has 25 heavy (non-hydrogen) atoms. The van der Waals surface area contributed by atoms with Crippen molar-refractivity contribution in [2.24, 2.45) is 0 Å². The molecule has 4 aromatic rings. The molecule has 2 heteroatoms. The van der Waals surface area contributed by atoms with Crippen LogP contribution in [0.15, 0.2) is 59.0 Å². The lowest BCUT2D eigenvalue weighted by Gasteiger charge is -2.04. The topological polar surface area (TPSA) is 26.0 Å². The van der Waals surface area contributed by atoms with Gasteiger partial charge in [-0.05, 0) is 64.1 Å². The summed E-state index contributed by atoms with van der Waals surface area (Å²) in [6, 6.07) is 19.1. The van der Waals surface area contributed by atoms with Gasteiger partial charge in [-0.25, -0.2) is 4.98 Å². The Balaban J connectivity index is 1.81. The average Bonchev–Trinajstić information content (AvgIpc) is 2.96. The molecule has 0 bridgehead atoms. The van der Waals surface area contributed by atoms with E-state index < -0.39 is 0 Å². The van der Waals surface area contributed by atoms with E-state index in [1.165, 1.54) is 22.3 Å². The van der Waals surface area contributed by atoms with E-state index in [4.69, 9.17) is 9.40 Å². The van der Waals surface area contributed by atoms with Crippen LogP contribution in [0.4, 0.5) is 0 Å². The summed E-state index contributed by atoms with van der Waals surface area (Å²) in [5.74, 6) is 0.867. The minimum absolute atomic E-state index is 0.822. The fraction of sp³-hybridized carbons (Fsp3) is 0.174. The molecule has 0 amide bonds. The summed E-state index contributed by atoms with van der Waals surface area (Å²) >= 11 is 0. The van der Waals surface area contributed by atoms with E-state index in [9.17, 15) is 0 Å². The van der Waals surface area contributed by atoms with Gasteiger partial charge in [-0.3, -0.25) is 0 Å². The highest BCUT2D eigenvalue weighted by atomic mass is 16.3. The zero-order chi connectivity index (χ0) is 17.6. The van der Waals surface area contributed by atoms with Crippen LogP contribution in [-0.2, 0) is 0 Å². The molecule has 0 saturated heterocycles. The quantitative estimate of drug-likeness (QED) is 0.426. The van der Waals surface area contributed by atoms with Crippen molar-refractivity contribution < 1.29 is 4.42 Å². The van der Waals surface area contributed by atoms with Crippen LogP contribution in [-0.4, -0.2) is 4.98 Å². The first kappa shape index (κ1) is 15.6. The summed E-state index contributed by atoms with van der Waals surface area (Å²) in [6.45, 7) is 8.45. The molecular weight excluding hydrogens is 306 g/mol. The van der Waals surface area contributed by atoms with Gasteiger partial charge in [0.05, 0.1) is 5.69 Å². The summed E-state index contributed by atoms with van der Waals surface area (Å²) in [7, 11) is 0. The van der Waals surface area contributed by atoms with Crippen molar-refractivity contribution >= 4 is 11.1 Å². The van der Waals surface area contributed by atoms with Crippen molar-refractivity contribution in [2.75, 3.05) is 0 Å². The first-order valence-electron chi connectivity index (χ1n) is 8.56. The molecule has 0 unspecified atom stereocenters. The smallest absolute Gasteiger partial charge is 0.153 e. The fourth-order valence-corrected chi connectivity index (χ4v) is 3.47. The Morgan fingerprint density at radius 3 is 1.80 bits per heavy atom. The molecule has 0 fully saturated rings. The average molecular weight is 327 g/mol. The first-order valence-corrected chi connectivity index (χ1v) is 8.56. The molecule has 0 aliphatic carbocycles. The monoisotopic (exact) mass is 327 g/mol. The number of furan rings is 1. The maximum atomic E-state index is 6.04. The van der Waals surface area contributed by atoms with Crippen LogP contribution in [0.1, 0.15) is 22.3 Å². The molecule has 2 aromatic heterocycles. The third-order valence-electron chi connectivity index (χ3n) is 4.40. The molecule has 2 nitrogen and oxygen atoms in total.